The summed E-state index contributed by atoms with van der Waals surface area (Å²) in [6.45, 7) is 1.80. The summed E-state index contributed by atoms with van der Waals surface area (Å²) in [5.41, 5.74) is 2.66. The zero-order valence-electron chi connectivity index (χ0n) is 45.4. The first kappa shape index (κ1) is 60.9. The molecule has 24 nitrogen and oxygen atoms in total. The fourth-order valence-corrected chi connectivity index (χ4v) is 8.27. The zero-order chi connectivity index (χ0) is 58.1. The molecule has 0 saturated heterocycles. The second-order valence-corrected chi connectivity index (χ2v) is 17.3. The second kappa shape index (κ2) is 28.4. The van der Waals surface area contributed by atoms with Crippen LogP contribution in [0.3, 0.4) is 0 Å². The van der Waals surface area contributed by atoms with Crippen LogP contribution in [-0.4, -0.2) is 155 Å². The van der Waals surface area contributed by atoms with Gasteiger partial charge in [0.2, 0.25) is 0 Å². The second-order valence-electron chi connectivity index (χ2n) is 17.3. The van der Waals surface area contributed by atoms with Crippen LogP contribution in [0.25, 0.3) is 0 Å². The molecule has 0 heterocycles. The van der Waals surface area contributed by atoms with E-state index in [0.29, 0.717) is 44.5 Å². The van der Waals surface area contributed by atoms with Crippen molar-refractivity contribution in [2.75, 3.05) is 103 Å². The van der Waals surface area contributed by atoms with E-state index in [1.54, 1.807) is 52.0 Å². The number of rotatable bonds is 24. The Balaban J connectivity index is 2.07. The van der Waals surface area contributed by atoms with E-state index in [2.05, 4.69) is 0 Å². The molecular weight excluding hydrogens is 1040 g/mol. The summed E-state index contributed by atoms with van der Waals surface area (Å²) >= 11 is 0. The molecular formula is C55H62O24. The van der Waals surface area contributed by atoms with Gasteiger partial charge in [-0.25, -0.2) is 38.4 Å². The van der Waals surface area contributed by atoms with Crippen LogP contribution in [-0.2, 0) is 71.5 Å². The van der Waals surface area contributed by atoms with Crippen molar-refractivity contribution < 1.29 is 115 Å². The summed E-state index contributed by atoms with van der Waals surface area (Å²) < 4.78 is 83.6. The summed E-state index contributed by atoms with van der Waals surface area (Å²) in [6.07, 6.45) is 0. The van der Waals surface area contributed by atoms with E-state index in [1.165, 1.54) is 59.8 Å². The molecule has 0 saturated carbocycles. The smallest absolute Gasteiger partial charge is 0.343 e. The fourth-order valence-electron chi connectivity index (χ4n) is 8.27. The first-order valence-corrected chi connectivity index (χ1v) is 24.2. The van der Waals surface area contributed by atoms with E-state index in [-0.39, 0.29) is 46.0 Å². The van der Waals surface area contributed by atoms with Crippen LogP contribution >= 0.6 is 0 Å². The maximum Gasteiger partial charge on any atom is 0.343 e. The highest BCUT2D eigenvalue weighted by Crippen LogP contribution is 2.51. The number of fused-ring (bicyclic) bond motifs is 8. The van der Waals surface area contributed by atoms with Crippen LogP contribution in [0.1, 0.15) is 95.9 Å². The molecule has 5 rings (SSSR count). The van der Waals surface area contributed by atoms with Gasteiger partial charge < -0.3 is 76.2 Å². The lowest BCUT2D eigenvalue weighted by molar-refractivity contribution is -0.143. The molecule has 0 aromatic heterocycles. The van der Waals surface area contributed by atoms with Gasteiger partial charge in [0, 0.05) is 92.4 Å². The predicted octanol–water partition coefficient (Wildman–Crippen LogP) is 4.93. The van der Waals surface area contributed by atoms with Gasteiger partial charge in [-0.2, -0.15) is 0 Å². The maximum atomic E-state index is 12.8. The van der Waals surface area contributed by atoms with E-state index in [0.717, 1.165) is 14.2 Å². The van der Waals surface area contributed by atoms with Crippen LogP contribution in [0.5, 0.6) is 46.0 Å². The highest BCUT2D eigenvalue weighted by Gasteiger charge is 2.33. The van der Waals surface area contributed by atoms with Crippen LogP contribution in [0.2, 0.25) is 0 Å². The highest BCUT2D eigenvalue weighted by atomic mass is 16.6. The van der Waals surface area contributed by atoms with E-state index in [1.807, 2.05) is 0 Å². The lowest BCUT2D eigenvalue weighted by Crippen LogP contribution is -2.19. The molecule has 1 aliphatic carbocycles. The molecule has 0 radical (unpaired) electrons. The fraction of sp³-hybridized carbons (Fsp3) is 0.418. The molecule has 8 bridgehead atoms. The molecule has 0 amide bonds. The van der Waals surface area contributed by atoms with Gasteiger partial charge in [-0.05, 0) is 24.3 Å². The Morgan fingerprint density at radius 2 is 0.418 bits per heavy atom. The van der Waals surface area contributed by atoms with Gasteiger partial charge in [0.25, 0.3) is 0 Å². The van der Waals surface area contributed by atoms with E-state index >= 15 is 0 Å². The van der Waals surface area contributed by atoms with Crippen molar-refractivity contribution in [1.82, 2.24) is 0 Å². The Kier molecular flexibility index (Phi) is 21.9. The standard InChI is InChI=1S/C55H62O24/c1-28-32-12-33(41(73-21-49(58)65-5)16-40(32)72-20-48(56)57)29(2)36-14-37(45(77-25-53(62)69-9)18-44(36)76-24-52(61)68-8)31(4)39-15-38(46(78-26-54(63)70-10)19-47(39)79-27-55(64)71-11)30(3)35-13-34(28)42(74-22-50(59)66-6)17-43(35)75-23-51(60)67-7/h12-19,28-31H,20-27H2,1-11H3,(H,56,57)/t28-,29+,30-,31+/m0/s1. The summed E-state index contributed by atoms with van der Waals surface area (Å²) in [4.78, 5) is 101. The highest BCUT2D eigenvalue weighted by molar-refractivity contribution is 5.75. The molecule has 79 heavy (non-hydrogen) atoms. The van der Waals surface area contributed by atoms with Crippen molar-refractivity contribution in [2.45, 2.75) is 51.4 Å². The van der Waals surface area contributed by atoms with Gasteiger partial charge in [0.15, 0.2) is 52.9 Å². The number of hydrogen-bond acceptors (Lipinski definition) is 23. The van der Waals surface area contributed by atoms with Crippen molar-refractivity contribution in [1.29, 1.82) is 0 Å². The average Bonchev–Trinajstić information content (AvgIpc) is 3.46. The van der Waals surface area contributed by atoms with Gasteiger partial charge in [-0.15, -0.1) is 0 Å². The van der Waals surface area contributed by atoms with Crippen LogP contribution in [0.15, 0.2) is 48.5 Å². The average molecular weight is 1110 g/mol. The maximum absolute atomic E-state index is 12.8. The number of carbonyl (C=O) groups is 8. The molecule has 426 valence electrons. The lowest BCUT2D eigenvalue weighted by Gasteiger charge is -2.29. The first-order chi connectivity index (χ1) is 37.7. The Morgan fingerprint density at radius 3 is 0.544 bits per heavy atom. The molecule has 0 spiro atoms. The Bertz CT molecular complexity index is 2890. The normalized spacial score (nSPS) is 15.1. The van der Waals surface area contributed by atoms with E-state index in [4.69, 9.17) is 71.1 Å². The Labute approximate surface area is 454 Å². The van der Waals surface area contributed by atoms with Crippen molar-refractivity contribution in [3.63, 3.8) is 0 Å². The molecule has 4 aromatic carbocycles. The SMILES string of the molecule is COC(=O)COc1cc(OCC(=O)O)c2cc1[C@@H](C)c1cc(c(OCC(=O)OC)cc1OCC(=O)OC)[C@@H](C)c1cc(c(OCC(=O)OC)cc1OCC(=O)OC)[C@@H](C)c1cc(c(OCC(=O)OC)cc1OCC(=O)OC)[C@H]2C. The number of carboxylic acids is 1. The predicted molar refractivity (Wildman–Crippen MR) is 272 cm³/mol. The monoisotopic (exact) mass is 1110 g/mol. The van der Waals surface area contributed by atoms with Gasteiger partial charge >= 0.3 is 47.8 Å². The number of ether oxygens (including phenoxy) is 15. The molecule has 1 aliphatic rings. The quantitative estimate of drug-likeness (QED) is 0.0718. The third kappa shape index (κ3) is 15.6. The Morgan fingerprint density at radius 1 is 0.278 bits per heavy atom. The number of aliphatic carboxylic acids is 1. The molecule has 1 N–H and O–H groups in total. The van der Waals surface area contributed by atoms with Crippen molar-refractivity contribution in [3.8, 4) is 46.0 Å². The number of benzene rings is 4. The molecule has 0 fully saturated rings. The van der Waals surface area contributed by atoms with Crippen molar-refractivity contribution >= 4 is 47.8 Å². The van der Waals surface area contributed by atoms with Gasteiger partial charge in [0.1, 0.15) is 46.0 Å². The molecule has 24 heteroatoms. The zero-order valence-corrected chi connectivity index (χ0v) is 45.4. The van der Waals surface area contributed by atoms with Crippen LogP contribution in [0.4, 0.5) is 0 Å². The number of carbonyl (C=O) groups excluding carboxylic acids is 7. The topological polar surface area (TPSA) is 295 Å². The third-order valence-electron chi connectivity index (χ3n) is 12.7. The largest absolute Gasteiger partial charge is 0.481 e. The summed E-state index contributed by atoms with van der Waals surface area (Å²) in [5, 5.41) is 9.93. The third-order valence-corrected chi connectivity index (χ3v) is 12.7. The van der Waals surface area contributed by atoms with Crippen molar-refractivity contribution in [2.24, 2.45) is 0 Å². The van der Waals surface area contributed by atoms with Crippen LogP contribution in [0, 0.1) is 0 Å². The van der Waals surface area contributed by atoms with E-state index < -0.39 is 124 Å². The van der Waals surface area contributed by atoms with Gasteiger partial charge in [-0.1, -0.05) is 27.7 Å². The molecule has 4 atom stereocenters. The van der Waals surface area contributed by atoms with Crippen molar-refractivity contribution in [3.05, 3.63) is 93.0 Å². The summed E-state index contributed by atoms with van der Waals surface area (Å²) in [5.74, 6) is -10.1. The number of esters is 7. The molecule has 4 aromatic rings. The summed E-state index contributed by atoms with van der Waals surface area (Å²) in [6, 6.07) is 12.4. The molecule has 0 unspecified atom stereocenters. The minimum absolute atomic E-state index is 0.00334. The van der Waals surface area contributed by atoms with Gasteiger partial charge in [-0.3, -0.25) is 0 Å². The summed E-state index contributed by atoms with van der Waals surface area (Å²) in [7, 11) is 8.16. The van der Waals surface area contributed by atoms with Gasteiger partial charge in [0.05, 0.1) is 49.8 Å². The van der Waals surface area contributed by atoms with Crippen LogP contribution < -0.4 is 37.9 Å². The Hall–Kier alpha value is -8.96. The first-order valence-electron chi connectivity index (χ1n) is 24.2. The molecule has 0 aliphatic heterocycles. The minimum atomic E-state index is -1.34. The number of methoxy groups -OCH3 is 7. The number of hydrogen-bond donors (Lipinski definition) is 1. The minimum Gasteiger partial charge on any atom is -0.481 e. The lowest BCUT2D eigenvalue weighted by atomic mass is 9.80. The van der Waals surface area contributed by atoms with E-state index in [9.17, 15) is 43.5 Å². The number of carboxylic acid groups (broad SMARTS) is 1.